The van der Waals surface area contributed by atoms with Gasteiger partial charge in [-0.25, -0.2) is 14.8 Å². The third-order valence-corrected chi connectivity index (χ3v) is 4.69. The molecule has 0 bridgehead atoms. The molecule has 0 saturated heterocycles. The minimum atomic E-state index is -0.382. The van der Waals surface area contributed by atoms with Crippen LogP contribution in [0.4, 0.5) is 5.69 Å². The van der Waals surface area contributed by atoms with Crippen molar-refractivity contribution in [2.45, 2.75) is 27.2 Å². The zero-order chi connectivity index (χ0) is 18.0. The number of aromatic nitrogens is 4. The lowest BCUT2D eigenvalue weighted by molar-refractivity contribution is 0.0527. The molecule has 3 aromatic heterocycles. The van der Waals surface area contributed by atoms with Gasteiger partial charge in [0.2, 0.25) is 0 Å². The highest BCUT2D eigenvalue weighted by Crippen LogP contribution is 2.29. The van der Waals surface area contributed by atoms with Crippen LogP contribution in [0.5, 0.6) is 0 Å². The maximum absolute atomic E-state index is 12.3. The van der Waals surface area contributed by atoms with Crippen molar-refractivity contribution >= 4 is 34.0 Å². The first kappa shape index (κ1) is 17.3. The Labute approximate surface area is 150 Å². The van der Waals surface area contributed by atoms with Crippen molar-refractivity contribution in [2.75, 3.05) is 18.5 Å². The van der Waals surface area contributed by atoms with E-state index in [1.54, 1.807) is 29.1 Å². The van der Waals surface area contributed by atoms with Gasteiger partial charge in [-0.3, -0.25) is 4.68 Å². The third-order valence-electron chi connectivity index (χ3n) is 3.87. The van der Waals surface area contributed by atoms with E-state index in [0.29, 0.717) is 18.7 Å². The lowest BCUT2D eigenvalue weighted by Crippen LogP contribution is -2.13. The monoisotopic (exact) mass is 359 g/mol. The van der Waals surface area contributed by atoms with Gasteiger partial charge in [-0.15, -0.1) is 11.3 Å². The molecule has 0 radical (unpaired) electrons. The molecule has 3 rings (SSSR count). The Morgan fingerprint density at radius 2 is 2.20 bits per heavy atom. The third kappa shape index (κ3) is 3.48. The normalized spacial score (nSPS) is 11.0. The van der Waals surface area contributed by atoms with Crippen molar-refractivity contribution in [3.8, 4) is 0 Å². The molecule has 0 fully saturated rings. The van der Waals surface area contributed by atoms with Crippen molar-refractivity contribution in [1.82, 2.24) is 19.7 Å². The number of nitrogens with zero attached hydrogens (tertiary/aromatic N) is 4. The Hall–Kier alpha value is -2.48. The number of hydrogen-bond acceptors (Lipinski definition) is 7. The van der Waals surface area contributed by atoms with Gasteiger partial charge in [0.15, 0.2) is 5.65 Å². The van der Waals surface area contributed by atoms with Gasteiger partial charge in [0.05, 0.1) is 34.1 Å². The number of carbonyl (C=O) groups excluding carboxylic acids is 1. The summed E-state index contributed by atoms with van der Waals surface area (Å²) < 4.78 is 6.89. The lowest BCUT2D eigenvalue weighted by atomic mass is 10.1. The number of pyridine rings is 1. The minimum Gasteiger partial charge on any atom is -0.462 e. The number of ether oxygens (including phenoxy) is 1. The molecule has 25 heavy (non-hydrogen) atoms. The standard InChI is InChI=1S/C17H21N5O2S/c1-5-24-17(23)13-8-19-16-14(10(2)21-22(16)4)15(13)18-7-6-12-9-25-11(3)20-12/h8-9H,5-7H2,1-4H3,(H,18,19). The first-order chi connectivity index (χ1) is 12.0. The molecule has 3 heterocycles. The summed E-state index contributed by atoms with van der Waals surface area (Å²) in [7, 11) is 1.84. The summed E-state index contributed by atoms with van der Waals surface area (Å²) in [5.41, 5.74) is 3.75. The molecular weight excluding hydrogens is 338 g/mol. The van der Waals surface area contributed by atoms with Crippen LogP contribution in [0.25, 0.3) is 11.0 Å². The molecule has 0 spiro atoms. The van der Waals surface area contributed by atoms with Crippen molar-refractivity contribution in [2.24, 2.45) is 7.05 Å². The number of nitrogens with one attached hydrogen (secondary N) is 1. The van der Waals surface area contributed by atoms with E-state index in [9.17, 15) is 4.79 Å². The summed E-state index contributed by atoms with van der Waals surface area (Å²) >= 11 is 1.64. The van der Waals surface area contributed by atoms with E-state index >= 15 is 0 Å². The van der Waals surface area contributed by atoms with E-state index in [4.69, 9.17) is 4.74 Å². The molecule has 8 heteroatoms. The van der Waals surface area contributed by atoms with Gasteiger partial charge in [-0.1, -0.05) is 0 Å². The fraction of sp³-hybridized carbons (Fsp3) is 0.412. The van der Waals surface area contributed by atoms with E-state index in [1.807, 2.05) is 20.9 Å². The van der Waals surface area contributed by atoms with Gasteiger partial charge in [0, 0.05) is 31.6 Å². The summed E-state index contributed by atoms with van der Waals surface area (Å²) in [5, 5.41) is 11.8. The molecule has 1 N–H and O–H groups in total. The van der Waals surface area contributed by atoms with E-state index in [2.05, 4.69) is 25.8 Å². The summed E-state index contributed by atoms with van der Waals surface area (Å²) in [6.45, 7) is 6.67. The van der Waals surface area contributed by atoms with Crippen LogP contribution in [0.3, 0.4) is 0 Å². The molecule has 0 saturated carbocycles. The lowest BCUT2D eigenvalue weighted by Gasteiger charge is -2.12. The van der Waals surface area contributed by atoms with Crippen LogP contribution in [0.15, 0.2) is 11.6 Å². The second-order valence-electron chi connectivity index (χ2n) is 5.71. The van der Waals surface area contributed by atoms with Crippen LogP contribution >= 0.6 is 11.3 Å². The highest BCUT2D eigenvalue weighted by molar-refractivity contribution is 7.09. The summed E-state index contributed by atoms with van der Waals surface area (Å²) in [6, 6.07) is 0. The molecule has 3 aromatic rings. The quantitative estimate of drug-likeness (QED) is 0.682. The molecule has 0 aromatic carbocycles. The molecule has 7 nitrogen and oxygen atoms in total. The van der Waals surface area contributed by atoms with Gasteiger partial charge >= 0.3 is 5.97 Å². The number of aryl methyl sites for hydroxylation is 3. The smallest absolute Gasteiger partial charge is 0.341 e. The first-order valence-electron chi connectivity index (χ1n) is 8.15. The minimum absolute atomic E-state index is 0.320. The fourth-order valence-corrected chi connectivity index (χ4v) is 3.44. The number of esters is 1. The van der Waals surface area contributed by atoms with Crippen LogP contribution in [-0.4, -0.2) is 38.9 Å². The van der Waals surface area contributed by atoms with Gasteiger partial charge in [0.25, 0.3) is 0 Å². The average Bonchev–Trinajstić information content (AvgIpc) is 3.11. The second kappa shape index (κ2) is 7.18. The zero-order valence-corrected chi connectivity index (χ0v) is 15.6. The SMILES string of the molecule is CCOC(=O)c1cnc2c(c(C)nn2C)c1NCCc1csc(C)n1. The zero-order valence-electron chi connectivity index (χ0n) is 14.8. The molecular formula is C17H21N5O2S. The van der Waals surface area contributed by atoms with E-state index in [-0.39, 0.29) is 5.97 Å². The van der Waals surface area contributed by atoms with Crippen molar-refractivity contribution in [3.05, 3.63) is 33.5 Å². The summed E-state index contributed by atoms with van der Waals surface area (Å²) in [4.78, 5) is 21.2. The van der Waals surface area contributed by atoms with Crippen LogP contribution in [0.2, 0.25) is 0 Å². The van der Waals surface area contributed by atoms with Gasteiger partial charge in [-0.05, 0) is 20.8 Å². The molecule has 0 aliphatic carbocycles. The number of fused-ring (bicyclic) bond motifs is 1. The molecule has 0 amide bonds. The van der Waals surface area contributed by atoms with Gasteiger partial charge in [-0.2, -0.15) is 5.10 Å². The van der Waals surface area contributed by atoms with Crippen molar-refractivity contribution < 1.29 is 9.53 Å². The highest BCUT2D eigenvalue weighted by atomic mass is 32.1. The van der Waals surface area contributed by atoms with E-state index < -0.39 is 0 Å². The molecule has 0 atom stereocenters. The molecule has 0 unspecified atom stereocenters. The Balaban J connectivity index is 1.94. The Kier molecular flexibility index (Phi) is 4.98. The predicted molar refractivity (Wildman–Crippen MR) is 98.2 cm³/mol. The molecule has 0 aliphatic rings. The van der Waals surface area contributed by atoms with Gasteiger partial charge < -0.3 is 10.1 Å². The summed E-state index contributed by atoms with van der Waals surface area (Å²) in [6.07, 6.45) is 2.33. The first-order valence-corrected chi connectivity index (χ1v) is 9.03. The Morgan fingerprint density at radius 3 is 2.88 bits per heavy atom. The highest BCUT2D eigenvalue weighted by Gasteiger charge is 2.20. The second-order valence-corrected chi connectivity index (χ2v) is 6.77. The van der Waals surface area contributed by atoms with Gasteiger partial charge in [0.1, 0.15) is 5.56 Å². The van der Waals surface area contributed by atoms with Crippen LogP contribution < -0.4 is 5.32 Å². The molecule has 0 aliphatic heterocycles. The number of thiazole rings is 1. The number of rotatable bonds is 6. The maximum Gasteiger partial charge on any atom is 0.341 e. The predicted octanol–water partition coefficient (Wildman–Crippen LogP) is 2.87. The van der Waals surface area contributed by atoms with Crippen molar-refractivity contribution in [1.29, 1.82) is 0 Å². The van der Waals surface area contributed by atoms with Crippen molar-refractivity contribution in [3.63, 3.8) is 0 Å². The van der Waals surface area contributed by atoms with Crippen LogP contribution in [0, 0.1) is 13.8 Å². The number of carbonyl (C=O) groups is 1. The number of anilines is 1. The topological polar surface area (TPSA) is 81.9 Å². The largest absolute Gasteiger partial charge is 0.462 e. The maximum atomic E-state index is 12.3. The van der Waals surface area contributed by atoms with E-state index in [1.165, 1.54) is 0 Å². The summed E-state index contributed by atoms with van der Waals surface area (Å²) in [5.74, 6) is -0.382. The van der Waals surface area contributed by atoms with Crippen LogP contribution in [0.1, 0.15) is 33.7 Å². The number of hydrogen-bond donors (Lipinski definition) is 1. The van der Waals surface area contributed by atoms with E-state index in [0.717, 1.165) is 39.5 Å². The Morgan fingerprint density at radius 1 is 1.40 bits per heavy atom. The molecule has 132 valence electrons. The average molecular weight is 359 g/mol. The fourth-order valence-electron chi connectivity index (χ4n) is 2.80. The Bertz CT molecular complexity index is 915. The van der Waals surface area contributed by atoms with Crippen LogP contribution in [-0.2, 0) is 18.2 Å².